The fourth-order valence-electron chi connectivity index (χ4n) is 8.31. The third kappa shape index (κ3) is 2.76. The third-order valence-electron chi connectivity index (χ3n) is 10.4. The first-order valence-electron chi connectivity index (χ1n) is 15.6. The van der Waals surface area contributed by atoms with E-state index in [9.17, 15) is 19.2 Å². The molecule has 0 atom stereocenters. The predicted molar refractivity (Wildman–Crippen MR) is 191 cm³/mol. The van der Waals surface area contributed by atoms with Gasteiger partial charge in [-0.2, -0.15) is 0 Å². The summed E-state index contributed by atoms with van der Waals surface area (Å²) in [4.78, 5) is 53.5. The van der Waals surface area contributed by atoms with Crippen LogP contribution in [0.1, 0.15) is 0 Å². The summed E-state index contributed by atoms with van der Waals surface area (Å²) in [6, 6.07) is 26.5. The molecule has 7 aromatic carbocycles. The van der Waals surface area contributed by atoms with Gasteiger partial charge in [-0.25, -0.2) is 0 Å². The van der Waals surface area contributed by atoms with Gasteiger partial charge in [0.25, 0.3) is 22.2 Å². The largest absolute Gasteiger partial charge is 0.455 e. The molecule has 0 saturated heterocycles. The highest BCUT2D eigenvalue weighted by Gasteiger charge is 2.25. The molecule has 0 N–H and O–H groups in total. The Kier molecular flexibility index (Phi) is 4.40. The Hall–Kier alpha value is -6.54. The third-order valence-corrected chi connectivity index (χ3v) is 10.4. The van der Waals surface area contributed by atoms with Gasteiger partial charge in [-0.15, -0.1) is 0 Å². The summed E-state index contributed by atoms with van der Waals surface area (Å²) in [5.74, 6) is 0. The van der Waals surface area contributed by atoms with E-state index in [1.165, 1.54) is 14.1 Å². The molecule has 0 aliphatic carbocycles. The highest BCUT2D eigenvalue weighted by molar-refractivity contribution is 6.42. The number of rotatable bonds is 0. The van der Waals surface area contributed by atoms with Gasteiger partial charge in [-0.05, 0) is 47.2 Å². The zero-order valence-electron chi connectivity index (χ0n) is 25.4. The number of nitrogens with zero attached hydrogens (tertiary/aromatic N) is 2. The summed E-state index contributed by atoms with van der Waals surface area (Å²) in [5, 5.41) is 11.2. The van der Waals surface area contributed by atoms with E-state index in [4.69, 9.17) is 8.83 Å². The molecule has 4 heterocycles. The van der Waals surface area contributed by atoms with E-state index in [1.54, 1.807) is 12.1 Å². The van der Waals surface area contributed by atoms with Crippen LogP contribution in [0.3, 0.4) is 0 Å². The quantitative estimate of drug-likeness (QED) is 0.129. The number of hydrogen-bond acceptors (Lipinski definition) is 6. The van der Waals surface area contributed by atoms with E-state index in [-0.39, 0.29) is 22.2 Å². The number of benzene rings is 7. The van der Waals surface area contributed by atoms with Crippen LogP contribution in [0.5, 0.6) is 0 Å². The van der Waals surface area contributed by atoms with Crippen LogP contribution in [-0.4, -0.2) is 9.13 Å². The van der Waals surface area contributed by atoms with Gasteiger partial charge in [0.1, 0.15) is 22.3 Å². The van der Waals surface area contributed by atoms with Gasteiger partial charge in [-0.3, -0.25) is 28.3 Å². The zero-order valence-corrected chi connectivity index (χ0v) is 25.4. The number of fused-ring (bicyclic) bond motifs is 9. The summed E-state index contributed by atoms with van der Waals surface area (Å²) in [6.45, 7) is 0. The first-order chi connectivity index (χ1) is 23.3. The summed E-state index contributed by atoms with van der Waals surface area (Å²) < 4.78 is 15.8. The Labute approximate surface area is 266 Å². The van der Waals surface area contributed by atoms with Gasteiger partial charge in [-0.1, -0.05) is 48.5 Å². The first-order valence-corrected chi connectivity index (χ1v) is 15.6. The lowest BCUT2D eigenvalue weighted by molar-refractivity contribution is 0.658. The monoisotopic (exact) mass is 624 g/mol. The second-order valence-corrected chi connectivity index (χ2v) is 12.7. The Morgan fingerprint density at radius 1 is 0.375 bits per heavy atom. The van der Waals surface area contributed by atoms with Crippen molar-refractivity contribution in [3.63, 3.8) is 0 Å². The van der Waals surface area contributed by atoms with Gasteiger partial charge in [0.05, 0.1) is 0 Å². The molecule has 0 amide bonds. The highest BCUT2D eigenvalue weighted by atomic mass is 16.3. The van der Waals surface area contributed by atoms with Crippen LogP contribution < -0.4 is 22.2 Å². The zero-order chi connectivity index (χ0) is 32.3. The average Bonchev–Trinajstić information content (AvgIpc) is 3.12. The van der Waals surface area contributed by atoms with Crippen LogP contribution in [-0.2, 0) is 14.1 Å². The Balaban J connectivity index is 1.47. The minimum absolute atomic E-state index is 0.346. The molecule has 0 bridgehead atoms. The van der Waals surface area contributed by atoms with Crippen molar-refractivity contribution < 1.29 is 8.83 Å². The van der Waals surface area contributed by atoms with E-state index in [0.29, 0.717) is 65.4 Å². The minimum Gasteiger partial charge on any atom is -0.455 e. The van der Waals surface area contributed by atoms with E-state index in [0.717, 1.165) is 52.2 Å². The molecule has 0 unspecified atom stereocenters. The number of pyridine rings is 2. The van der Waals surface area contributed by atoms with Crippen molar-refractivity contribution >= 4 is 109 Å². The molecule has 4 aromatic heterocycles. The highest BCUT2D eigenvalue weighted by Crippen LogP contribution is 2.49. The van der Waals surface area contributed by atoms with E-state index < -0.39 is 0 Å². The van der Waals surface area contributed by atoms with Crippen LogP contribution in [0.15, 0.2) is 113 Å². The van der Waals surface area contributed by atoms with Crippen molar-refractivity contribution in [1.82, 2.24) is 9.13 Å². The molecule has 0 saturated carbocycles. The first kappa shape index (κ1) is 25.6. The van der Waals surface area contributed by atoms with E-state index in [1.807, 2.05) is 60.7 Å². The molecule has 48 heavy (non-hydrogen) atoms. The van der Waals surface area contributed by atoms with Gasteiger partial charge in [0.2, 0.25) is 0 Å². The van der Waals surface area contributed by atoms with Crippen LogP contribution in [0, 0.1) is 0 Å². The molecule has 11 aromatic rings. The second kappa shape index (κ2) is 8.24. The van der Waals surface area contributed by atoms with E-state index >= 15 is 0 Å². The molecule has 0 aliphatic rings. The Morgan fingerprint density at radius 3 is 1.19 bits per heavy atom. The Morgan fingerprint density at radius 2 is 0.750 bits per heavy atom. The molecule has 0 fully saturated rings. The van der Waals surface area contributed by atoms with Crippen molar-refractivity contribution in [2.24, 2.45) is 14.1 Å². The molecule has 0 aliphatic heterocycles. The van der Waals surface area contributed by atoms with Crippen LogP contribution in [0.25, 0.3) is 109 Å². The molecular formula is C40H20N2O6. The molecule has 8 heteroatoms. The standard InChI is InChI=1S/C40H20N2O6/c1-41-37(43)21-11-5-9-19-29(21)25(39(41)45)15-23-31-17-7-3-4-8-18(17)32-24-16-26-30-20(10-6-12-22(30)38(44)42(2)40(26)46)36(24)48-28-14-13-27(47-35(19)23)33(31)34(28)32/h3-16H,1-2H3. The smallest absolute Gasteiger partial charge is 0.261 e. The maximum atomic E-state index is 13.6. The lowest BCUT2D eigenvalue weighted by Gasteiger charge is -2.19. The molecule has 8 nitrogen and oxygen atoms in total. The van der Waals surface area contributed by atoms with Gasteiger partial charge in [0.15, 0.2) is 0 Å². The fourth-order valence-corrected chi connectivity index (χ4v) is 8.31. The van der Waals surface area contributed by atoms with E-state index in [2.05, 4.69) is 12.1 Å². The lowest BCUT2D eigenvalue weighted by Crippen LogP contribution is -2.30. The average molecular weight is 625 g/mol. The SMILES string of the molecule is Cn1c(=O)c2cccc3c4oc5ccc6oc7c8cccc9c(=O)n(C)c(=O)c(cc7c7c%10ccccc%10c(c4cc(c1=O)c23)c5c67)c98. The van der Waals surface area contributed by atoms with Crippen molar-refractivity contribution in [3.05, 3.63) is 126 Å². The fraction of sp³-hybridized carbons (Fsp3) is 0.0500. The maximum Gasteiger partial charge on any atom is 0.261 e. The lowest BCUT2D eigenvalue weighted by atomic mass is 9.88. The second-order valence-electron chi connectivity index (χ2n) is 12.7. The summed E-state index contributed by atoms with van der Waals surface area (Å²) in [6.07, 6.45) is 0. The van der Waals surface area contributed by atoms with Crippen LogP contribution in [0.2, 0.25) is 0 Å². The topological polar surface area (TPSA) is 104 Å². The van der Waals surface area contributed by atoms with Crippen LogP contribution >= 0.6 is 0 Å². The Bertz CT molecular complexity index is 3330. The van der Waals surface area contributed by atoms with Gasteiger partial charge in [0, 0.05) is 89.5 Å². The maximum absolute atomic E-state index is 13.6. The minimum atomic E-state index is -0.366. The summed E-state index contributed by atoms with van der Waals surface area (Å²) in [7, 11) is 3.01. The number of hydrogen-bond donors (Lipinski definition) is 0. The molecule has 226 valence electrons. The molecule has 0 spiro atoms. The van der Waals surface area contributed by atoms with Crippen LogP contribution in [0.4, 0.5) is 0 Å². The van der Waals surface area contributed by atoms with Crippen molar-refractivity contribution in [2.45, 2.75) is 0 Å². The van der Waals surface area contributed by atoms with Gasteiger partial charge < -0.3 is 8.83 Å². The predicted octanol–water partition coefficient (Wildman–Crippen LogP) is 7.40. The van der Waals surface area contributed by atoms with Gasteiger partial charge >= 0.3 is 0 Å². The summed E-state index contributed by atoms with van der Waals surface area (Å²) >= 11 is 0. The normalized spacial score (nSPS) is 12.7. The van der Waals surface area contributed by atoms with Crippen molar-refractivity contribution in [1.29, 1.82) is 0 Å². The van der Waals surface area contributed by atoms with Crippen molar-refractivity contribution in [2.75, 3.05) is 0 Å². The van der Waals surface area contributed by atoms with Crippen molar-refractivity contribution in [3.8, 4) is 0 Å². The molecule has 0 radical (unpaired) electrons. The molecular weight excluding hydrogens is 604 g/mol. The number of aromatic nitrogens is 2. The molecule has 11 rings (SSSR count). The summed E-state index contributed by atoms with van der Waals surface area (Å²) in [5.41, 5.74) is 0.980.